The first-order valence-electron chi connectivity index (χ1n) is 3.72. The third kappa shape index (κ3) is 1.68. The number of ether oxygens (including phenoxy) is 1. The highest BCUT2D eigenvalue weighted by atomic mass is 32.2. The van der Waals surface area contributed by atoms with Crippen molar-refractivity contribution in [3.05, 3.63) is 32.0 Å². The van der Waals surface area contributed by atoms with Crippen LogP contribution in [0.1, 0.15) is 6.92 Å². The van der Waals surface area contributed by atoms with Crippen LogP contribution >= 0.6 is 10.5 Å². The minimum Gasteiger partial charge on any atom is -0.491 e. The van der Waals surface area contributed by atoms with Crippen LogP contribution in [-0.4, -0.2) is 16.8 Å². The van der Waals surface area contributed by atoms with Crippen LogP contribution in [0.5, 0.6) is 0 Å². The van der Waals surface area contributed by atoms with Crippen molar-refractivity contribution in [2.75, 3.05) is 6.61 Å². The summed E-state index contributed by atoms with van der Waals surface area (Å²) in [4.78, 5) is 20.3. The van der Waals surface area contributed by atoms with Gasteiger partial charge in [-0.25, -0.2) is 4.79 Å². The molecule has 14 heavy (non-hydrogen) atoms. The predicted octanol–water partition coefficient (Wildman–Crippen LogP) is 0.619. The maximum absolute atomic E-state index is 10.5. The zero-order valence-corrected chi connectivity index (χ0v) is 8.17. The lowest BCUT2D eigenvalue weighted by Gasteiger charge is -2.00. The summed E-state index contributed by atoms with van der Waals surface area (Å²) in [5.41, 5.74) is 5.50. The SMILES string of the molecule is CCOC1=C(N)S(=C=O)C([N+](=O)[O-])=C1. The fourth-order valence-electron chi connectivity index (χ4n) is 0.939. The Balaban J connectivity index is 3.14. The lowest BCUT2D eigenvalue weighted by Crippen LogP contribution is -1.99. The van der Waals surface area contributed by atoms with Crippen LogP contribution < -0.4 is 5.73 Å². The lowest BCUT2D eigenvalue weighted by atomic mass is 10.5. The maximum Gasteiger partial charge on any atom is 0.317 e. The van der Waals surface area contributed by atoms with Crippen molar-refractivity contribution in [1.29, 1.82) is 0 Å². The van der Waals surface area contributed by atoms with Crippen LogP contribution in [0, 0.1) is 10.1 Å². The van der Waals surface area contributed by atoms with E-state index in [2.05, 4.69) is 0 Å². The molecular formula is C7H8N2O4S. The molecule has 1 atom stereocenters. The molecule has 1 rings (SSSR count). The van der Waals surface area contributed by atoms with Crippen LogP contribution in [0.4, 0.5) is 0 Å². The van der Waals surface area contributed by atoms with Gasteiger partial charge in [-0.1, -0.05) is 0 Å². The van der Waals surface area contributed by atoms with Gasteiger partial charge in [0.15, 0.2) is 11.0 Å². The number of hydrogen-bond acceptors (Lipinski definition) is 5. The molecule has 0 aromatic carbocycles. The third-order valence-corrected chi connectivity index (χ3v) is 2.98. The number of rotatable bonds is 3. The number of hydrogen-bond donors (Lipinski definition) is 1. The summed E-state index contributed by atoms with van der Waals surface area (Å²) >= 11 is 0. The first-order chi connectivity index (χ1) is 6.61. The number of nitrogens with zero attached hydrogens (tertiary/aromatic N) is 1. The topological polar surface area (TPSA) is 95.5 Å². The lowest BCUT2D eigenvalue weighted by molar-refractivity contribution is -0.410. The summed E-state index contributed by atoms with van der Waals surface area (Å²) in [6, 6.07) is 0. The second kappa shape index (κ2) is 4.08. The average Bonchev–Trinajstić information content (AvgIpc) is 2.44. The molecule has 0 amide bonds. The van der Waals surface area contributed by atoms with Gasteiger partial charge in [-0.15, -0.1) is 0 Å². The van der Waals surface area contributed by atoms with E-state index in [0.717, 1.165) is 0 Å². The van der Waals surface area contributed by atoms with Gasteiger partial charge in [-0.3, -0.25) is 10.1 Å². The first-order valence-corrected chi connectivity index (χ1v) is 4.95. The molecule has 0 aromatic heterocycles. The molecule has 0 radical (unpaired) electrons. The molecule has 6 nitrogen and oxygen atoms in total. The average molecular weight is 216 g/mol. The van der Waals surface area contributed by atoms with E-state index in [1.165, 1.54) is 11.3 Å². The molecule has 1 aliphatic heterocycles. The van der Waals surface area contributed by atoms with E-state index in [1.54, 1.807) is 6.92 Å². The van der Waals surface area contributed by atoms with Crippen LogP contribution in [0.2, 0.25) is 0 Å². The highest BCUT2D eigenvalue weighted by molar-refractivity contribution is 8.21. The summed E-state index contributed by atoms with van der Waals surface area (Å²) in [5, 5.41) is 11.8. The van der Waals surface area contributed by atoms with E-state index in [0.29, 0.717) is 6.61 Å². The van der Waals surface area contributed by atoms with Gasteiger partial charge < -0.3 is 10.5 Å². The van der Waals surface area contributed by atoms with Gasteiger partial charge >= 0.3 is 5.03 Å². The Bertz CT molecular complexity index is 392. The fraction of sp³-hybridized carbons (Fsp3) is 0.286. The number of carbonyl (C=O) groups excluding carboxylic acids is 1. The second-order valence-corrected chi connectivity index (χ2v) is 3.93. The Morgan fingerprint density at radius 2 is 2.43 bits per heavy atom. The molecule has 1 heterocycles. The van der Waals surface area contributed by atoms with Gasteiger partial charge in [0, 0.05) is 0 Å². The van der Waals surface area contributed by atoms with Crippen molar-refractivity contribution < 1.29 is 14.5 Å². The van der Waals surface area contributed by atoms with Crippen molar-refractivity contribution in [3.8, 4) is 0 Å². The Labute approximate surface area is 82.1 Å². The summed E-state index contributed by atoms with van der Waals surface area (Å²) < 4.78 is 5.03. The third-order valence-electron chi connectivity index (χ3n) is 1.49. The van der Waals surface area contributed by atoms with E-state index in [9.17, 15) is 14.9 Å². The molecule has 76 valence electrons. The summed E-state index contributed by atoms with van der Waals surface area (Å²) in [6.07, 6.45) is 1.17. The van der Waals surface area contributed by atoms with Gasteiger partial charge in [-0.2, -0.15) is 0 Å². The normalized spacial score (nSPS) is 20.4. The Morgan fingerprint density at radius 1 is 1.79 bits per heavy atom. The van der Waals surface area contributed by atoms with Crippen LogP contribution in [-0.2, 0) is 9.53 Å². The molecule has 7 heteroatoms. The minimum atomic E-state index is -1.39. The molecule has 0 spiro atoms. The van der Waals surface area contributed by atoms with Crippen molar-refractivity contribution >= 4 is 15.7 Å². The van der Waals surface area contributed by atoms with E-state index >= 15 is 0 Å². The molecule has 1 aliphatic rings. The highest BCUT2D eigenvalue weighted by Gasteiger charge is 2.29. The quantitative estimate of drug-likeness (QED) is 0.424. The molecule has 1 unspecified atom stereocenters. The van der Waals surface area contributed by atoms with Gasteiger partial charge in [0.2, 0.25) is 0 Å². The number of allylic oxidation sites excluding steroid dienone is 1. The molecule has 0 saturated heterocycles. The van der Waals surface area contributed by atoms with Crippen molar-refractivity contribution in [2.24, 2.45) is 5.73 Å². The van der Waals surface area contributed by atoms with Crippen molar-refractivity contribution in [1.82, 2.24) is 0 Å². The minimum absolute atomic E-state index is 0.0774. The molecule has 0 fully saturated rings. The maximum atomic E-state index is 10.5. The molecule has 0 aliphatic carbocycles. The largest absolute Gasteiger partial charge is 0.491 e. The summed E-state index contributed by atoms with van der Waals surface area (Å²) in [5.74, 6) is 0.200. The Kier molecular flexibility index (Phi) is 3.06. The van der Waals surface area contributed by atoms with Crippen LogP contribution in [0.15, 0.2) is 21.9 Å². The monoisotopic (exact) mass is 216 g/mol. The zero-order valence-electron chi connectivity index (χ0n) is 7.35. The zero-order chi connectivity index (χ0) is 10.7. The van der Waals surface area contributed by atoms with Gasteiger partial charge in [-0.05, 0) is 6.92 Å². The van der Waals surface area contributed by atoms with E-state index in [-0.39, 0.29) is 15.8 Å². The van der Waals surface area contributed by atoms with Gasteiger partial charge in [0.1, 0.15) is 5.03 Å². The molecule has 2 N–H and O–H groups in total. The van der Waals surface area contributed by atoms with Gasteiger partial charge in [0.05, 0.1) is 28.1 Å². The van der Waals surface area contributed by atoms with Crippen molar-refractivity contribution in [3.63, 3.8) is 0 Å². The van der Waals surface area contributed by atoms with Crippen molar-refractivity contribution in [2.45, 2.75) is 6.92 Å². The predicted molar refractivity (Wildman–Crippen MR) is 51.2 cm³/mol. The Hall–Kier alpha value is -1.59. The molecule has 0 bridgehead atoms. The molecular weight excluding hydrogens is 208 g/mol. The Morgan fingerprint density at radius 3 is 2.79 bits per heavy atom. The van der Waals surface area contributed by atoms with Crippen LogP contribution in [0.25, 0.3) is 0 Å². The molecule has 0 saturated carbocycles. The van der Waals surface area contributed by atoms with E-state index < -0.39 is 15.4 Å². The van der Waals surface area contributed by atoms with Gasteiger partial charge in [0.25, 0.3) is 0 Å². The molecule has 0 aromatic rings. The second-order valence-electron chi connectivity index (χ2n) is 2.29. The number of nitrogens with two attached hydrogens (primary N) is 1. The highest BCUT2D eigenvalue weighted by Crippen LogP contribution is 2.39. The standard InChI is InChI=1S/C7H8N2O4S/c1-2-13-5-3-6(9(11)12)14(4-10)7(5)8/h3H,2,8H2,1H3. The van der Waals surface area contributed by atoms with E-state index in [4.69, 9.17) is 10.5 Å². The first kappa shape index (κ1) is 10.5. The summed E-state index contributed by atoms with van der Waals surface area (Å²) in [7, 11) is -1.39. The van der Waals surface area contributed by atoms with E-state index in [1.807, 2.05) is 0 Å². The number of nitro groups is 1. The fourth-order valence-corrected chi connectivity index (χ4v) is 2.03. The van der Waals surface area contributed by atoms with Crippen LogP contribution in [0.3, 0.4) is 0 Å². The summed E-state index contributed by atoms with van der Waals surface area (Å²) in [6.45, 7) is 2.06. The smallest absolute Gasteiger partial charge is 0.317 e.